The van der Waals surface area contributed by atoms with Crippen molar-refractivity contribution in [2.24, 2.45) is 14.1 Å². The summed E-state index contributed by atoms with van der Waals surface area (Å²) in [7, 11) is 2.85. The van der Waals surface area contributed by atoms with E-state index >= 15 is 0 Å². The molecule has 1 N–H and O–H groups in total. The van der Waals surface area contributed by atoms with Gasteiger partial charge in [0.1, 0.15) is 5.82 Å². The van der Waals surface area contributed by atoms with Crippen molar-refractivity contribution in [3.63, 3.8) is 0 Å². The first-order valence-corrected chi connectivity index (χ1v) is 6.81. The SMILES string of the molecule is Cc1ccc(NC(=O)/C=C/c2cn(C)c(=O)n(C)c2=O)c(F)c1. The second-order valence-corrected chi connectivity index (χ2v) is 5.15. The number of nitrogens with one attached hydrogen (secondary N) is 1. The molecular weight excluding hydrogens is 301 g/mol. The van der Waals surface area contributed by atoms with Crippen LogP contribution >= 0.6 is 0 Å². The van der Waals surface area contributed by atoms with E-state index in [0.29, 0.717) is 0 Å². The number of benzene rings is 1. The fourth-order valence-electron chi connectivity index (χ4n) is 2.01. The molecule has 1 amide bonds. The molecule has 0 saturated carbocycles. The lowest BCUT2D eigenvalue weighted by Crippen LogP contribution is -2.37. The number of aromatic nitrogens is 2. The van der Waals surface area contributed by atoms with E-state index in [1.165, 1.54) is 43.1 Å². The number of nitrogens with zero attached hydrogens (tertiary/aromatic N) is 2. The topological polar surface area (TPSA) is 73.1 Å². The van der Waals surface area contributed by atoms with Crippen LogP contribution in [0, 0.1) is 12.7 Å². The van der Waals surface area contributed by atoms with E-state index in [-0.39, 0.29) is 11.3 Å². The fraction of sp³-hybridized carbons (Fsp3) is 0.188. The summed E-state index contributed by atoms with van der Waals surface area (Å²) < 4.78 is 15.8. The van der Waals surface area contributed by atoms with Crippen molar-refractivity contribution in [3.8, 4) is 0 Å². The van der Waals surface area contributed by atoms with Gasteiger partial charge in [-0.3, -0.25) is 14.2 Å². The van der Waals surface area contributed by atoms with Gasteiger partial charge >= 0.3 is 5.69 Å². The van der Waals surface area contributed by atoms with Gasteiger partial charge in [0.05, 0.1) is 11.3 Å². The van der Waals surface area contributed by atoms with Gasteiger partial charge < -0.3 is 9.88 Å². The molecule has 1 heterocycles. The summed E-state index contributed by atoms with van der Waals surface area (Å²) in [5, 5.41) is 2.39. The number of rotatable bonds is 3. The molecule has 7 heteroatoms. The molecule has 1 aromatic heterocycles. The number of halogens is 1. The number of carbonyl (C=O) groups excluding carboxylic acids is 1. The molecule has 0 aliphatic rings. The smallest absolute Gasteiger partial charge is 0.320 e. The zero-order valence-corrected chi connectivity index (χ0v) is 13.0. The molecule has 0 spiro atoms. The minimum absolute atomic E-state index is 0.0543. The molecular formula is C16H16FN3O3. The van der Waals surface area contributed by atoms with Crippen LogP contribution in [0.4, 0.5) is 10.1 Å². The van der Waals surface area contributed by atoms with Crippen LogP contribution in [0.25, 0.3) is 6.08 Å². The Balaban J connectivity index is 2.22. The molecule has 0 aliphatic heterocycles. The Morgan fingerprint density at radius 3 is 2.61 bits per heavy atom. The van der Waals surface area contributed by atoms with Crippen molar-refractivity contribution in [3.05, 3.63) is 68.3 Å². The van der Waals surface area contributed by atoms with E-state index in [0.717, 1.165) is 16.2 Å². The third-order valence-electron chi connectivity index (χ3n) is 3.27. The number of anilines is 1. The van der Waals surface area contributed by atoms with E-state index in [1.54, 1.807) is 13.0 Å². The maximum Gasteiger partial charge on any atom is 0.330 e. The third kappa shape index (κ3) is 3.63. The van der Waals surface area contributed by atoms with Crippen LogP contribution in [0.3, 0.4) is 0 Å². The monoisotopic (exact) mass is 317 g/mol. The predicted octanol–water partition coefficient (Wildman–Crippen LogP) is 1.18. The highest BCUT2D eigenvalue weighted by Crippen LogP contribution is 2.15. The van der Waals surface area contributed by atoms with Crippen LogP contribution in [-0.4, -0.2) is 15.0 Å². The third-order valence-corrected chi connectivity index (χ3v) is 3.27. The molecule has 0 unspecified atom stereocenters. The van der Waals surface area contributed by atoms with E-state index in [2.05, 4.69) is 5.32 Å². The molecule has 2 aromatic rings. The fourth-order valence-corrected chi connectivity index (χ4v) is 2.01. The van der Waals surface area contributed by atoms with Crippen LogP contribution in [0.1, 0.15) is 11.1 Å². The number of aryl methyl sites for hydroxylation is 2. The first-order valence-electron chi connectivity index (χ1n) is 6.81. The molecule has 0 aliphatic carbocycles. The molecule has 0 saturated heterocycles. The Kier molecular flexibility index (Phi) is 4.59. The standard InChI is InChI=1S/C16H16FN3O3/c1-10-4-6-13(12(17)8-10)18-14(21)7-5-11-9-19(2)16(23)20(3)15(11)22/h4-9H,1-3H3,(H,18,21)/b7-5+. The zero-order chi connectivity index (χ0) is 17.1. The van der Waals surface area contributed by atoms with Gasteiger partial charge in [0.2, 0.25) is 5.91 Å². The summed E-state index contributed by atoms with van der Waals surface area (Å²) in [6.45, 7) is 1.74. The maximum absolute atomic E-state index is 13.7. The highest BCUT2D eigenvalue weighted by molar-refractivity contribution is 6.01. The quantitative estimate of drug-likeness (QED) is 0.864. The van der Waals surface area contributed by atoms with Crippen molar-refractivity contribution < 1.29 is 9.18 Å². The van der Waals surface area contributed by atoms with Gasteiger partial charge in [0, 0.05) is 26.4 Å². The molecule has 0 atom stereocenters. The summed E-state index contributed by atoms with van der Waals surface area (Å²) in [6, 6.07) is 4.44. The molecule has 0 bridgehead atoms. The lowest BCUT2D eigenvalue weighted by atomic mass is 10.2. The lowest BCUT2D eigenvalue weighted by Gasteiger charge is -2.05. The number of carbonyl (C=O) groups is 1. The molecule has 6 nitrogen and oxygen atoms in total. The van der Waals surface area contributed by atoms with Crippen LogP contribution < -0.4 is 16.6 Å². The van der Waals surface area contributed by atoms with Gasteiger partial charge in [-0.05, 0) is 30.7 Å². The van der Waals surface area contributed by atoms with Crippen molar-refractivity contribution in [1.29, 1.82) is 0 Å². The van der Waals surface area contributed by atoms with Crippen molar-refractivity contribution in [2.75, 3.05) is 5.32 Å². The average Bonchev–Trinajstić information content (AvgIpc) is 2.50. The number of hydrogen-bond donors (Lipinski definition) is 1. The molecule has 120 valence electrons. The lowest BCUT2D eigenvalue weighted by molar-refractivity contribution is -0.111. The van der Waals surface area contributed by atoms with E-state index in [4.69, 9.17) is 0 Å². The van der Waals surface area contributed by atoms with Crippen LogP contribution in [0.5, 0.6) is 0 Å². The van der Waals surface area contributed by atoms with Crippen molar-refractivity contribution >= 4 is 17.7 Å². The van der Waals surface area contributed by atoms with E-state index < -0.39 is 23.0 Å². The average molecular weight is 317 g/mol. The van der Waals surface area contributed by atoms with Crippen LogP contribution in [0.15, 0.2) is 40.1 Å². The molecule has 23 heavy (non-hydrogen) atoms. The Morgan fingerprint density at radius 1 is 1.26 bits per heavy atom. The zero-order valence-electron chi connectivity index (χ0n) is 13.0. The largest absolute Gasteiger partial charge is 0.330 e. The Morgan fingerprint density at radius 2 is 1.96 bits per heavy atom. The number of amides is 1. The van der Waals surface area contributed by atoms with Gasteiger partial charge in [0.15, 0.2) is 0 Å². The minimum atomic E-state index is -0.580. The first kappa shape index (κ1) is 16.4. The summed E-state index contributed by atoms with van der Waals surface area (Å²) in [5.41, 5.74) is -0.00511. The highest BCUT2D eigenvalue weighted by atomic mass is 19.1. The summed E-state index contributed by atoms with van der Waals surface area (Å²) >= 11 is 0. The molecule has 0 radical (unpaired) electrons. The Bertz CT molecular complexity index is 910. The van der Waals surface area contributed by atoms with E-state index in [1.807, 2.05) is 0 Å². The van der Waals surface area contributed by atoms with Crippen LogP contribution in [-0.2, 0) is 18.9 Å². The van der Waals surface area contributed by atoms with Crippen molar-refractivity contribution in [2.45, 2.75) is 6.92 Å². The molecule has 2 rings (SSSR count). The van der Waals surface area contributed by atoms with Crippen LogP contribution in [0.2, 0.25) is 0 Å². The van der Waals surface area contributed by atoms with Gasteiger partial charge in [0.25, 0.3) is 5.56 Å². The summed E-state index contributed by atoms with van der Waals surface area (Å²) in [5.74, 6) is -1.12. The van der Waals surface area contributed by atoms with E-state index in [9.17, 15) is 18.8 Å². The normalized spacial score (nSPS) is 11.0. The Hall–Kier alpha value is -2.96. The Labute approximate surface area is 131 Å². The second-order valence-electron chi connectivity index (χ2n) is 5.15. The summed E-state index contributed by atoms with van der Waals surface area (Å²) in [6.07, 6.45) is 3.73. The van der Waals surface area contributed by atoms with Crippen molar-refractivity contribution in [1.82, 2.24) is 9.13 Å². The minimum Gasteiger partial charge on any atom is -0.320 e. The molecule has 1 aromatic carbocycles. The van der Waals surface area contributed by atoms with Gasteiger partial charge in [-0.2, -0.15) is 0 Å². The summed E-state index contributed by atoms with van der Waals surface area (Å²) in [4.78, 5) is 35.3. The molecule has 0 fully saturated rings. The first-order chi connectivity index (χ1) is 10.8. The highest BCUT2D eigenvalue weighted by Gasteiger charge is 2.07. The van der Waals surface area contributed by atoms with Gasteiger partial charge in [-0.25, -0.2) is 9.18 Å². The maximum atomic E-state index is 13.7. The second kappa shape index (κ2) is 6.43. The van der Waals surface area contributed by atoms with Gasteiger partial charge in [-0.15, -0.1) is 0 Å². The number of hydrogen-bond acceptors (Lipinski definition) is 3. The predicted molar refractivity (Wildman–Crippen MR) is 85.7 cm³/mol. The van der Waals surface area contributed by atoms with Gasteiger partial charge in [-0.1, -0.05) is 6.07 Å².